The number of nitrogens with one attached hydrogen (secondary N) is 1. The minimum atomic E-state index is 0.321. The molecular formula is C10H15N3S2. The van der Waals surface area contributed by atoms with Crippen LogP contribution in [-0.4, -0.2) is 21.9 Å². The highest BCUT2D eigenvalue weighted by molar-refractivity contribution is 8.14. The lowest BCUT2D eigenvalue weighted by Crippen LogP contribution is -2.24. The van der Waals surface area contributed by atoms with E-state index >= 15 is 0 Å². The number of nitrogens with zero attached hydrogens (tertiary/aromatic N) is 2. The van der Waals surface area contributed by atoms with Crippen LogP contribution in [0.4, 0.5) is 0 Å². The van der Waals surface area contributed by atoms with Gasteiger partial charge in [0.25, 0.3) is 0 Å². The van der Waals surface area contributed by atoms with Gasteiger partial charge in [-0.1, -0.05) is 25.6 Å². The fourth-order valence-electron chi connectivity index (χ4n) is 1.45. The molecule has 0 fully saturated rings. The topological polar surface area (TPSA) is 37.3 Å². The van der Waals surface area contributed by atoms with Gasteiger partial charge in [-0.25, -0.2) is 4.98 Å². The summed E-state index contributed by atoms with van der Waals surface area (Å²) in [5.41, 5.74) is 0. The third-order valence-corrected chi connectivity index (χ3v) is 4.17. The van der Waals surface area contributed by atoms with E-state index in [1.165, 1.54) is 0 Å². The quantitative estimate of drug-likeness (QED) is 0.884. The second kappa shape index (κ2) is 4.99. The minimum absolute atomic E-state index is 0.321. The number of hydrogen-bond acceptors (Lipinski definition) is 5. The van der Waals surface area contributed by atoms with Crippen molar-refractivity contribution in [3.8, 4) is 0 Å². The lowest BCUT2D eigenvalue weighted by atomic mass is 10.2. The number of thioether (sulfide) groups is 1. The first-order valence-corrected chi connectivity index (χ1v) is 6.92. The van der Waals surface area contributed by atoms with Gasteiger partial charge in [0.2, 0.25) is 0 Å². The molecule has 0 bridgehead atoms. The summed E-state index contributed by atoms with van der Waals surface area (Å²) < 4.78 is 0. The molecule has 0 aliphatic carbocycles. The van der Waals surface area contributed by atoms with Gasteiger partial charge in [-0.3, -0.25) is 4.99 Å². The van der Waals surface area contributed by atoms with Crippen molar-refractivity contribution < 1.29 is 0 Å². The minimum Gasteiger partial charge on any atom is -0.356 e. The summed E-state index contributed by atoms with van der Waals surface area (Å²) >= 11 is 3.52. The Hall–Kier alpha value is -0.550. The molecule has 1 N–H and O–H groups in total. The van der Waals surface area contributed by atoms with E-state index in [4.69, 9.17) is 0 Å². The molecule has 5 heteroatoms. The molecule has 3 nitrogen and oxygen atoms in total. The average Bonchev–Trinajstić information content (AvgIpc) is 2.85. The van der Waals surface area contributed by atoms with Crippen LogP contribution in [0.5, 0.6) is 0 Å². The van der Waals surface area contributed by atoms with Gasteiger partial charge in [-0.2, -0.15) is 0 Å². The number of rotatable bonds is 3. The highest BCUT2D eigenvalue weighted by Crippen LogP contribution is 2.24. The number of aromatic nitrogens is 1. The third kappa shape index (κ3) is 2.72. The highest BCUT2D eigenvalue weighted by Gasteiger charge is 2.19. The highest BCUT2D eigenvalue weighted by atomic mass is 32.2. The van der Waals surface area contributed by atoms with Gasteiger partial charge in [0.15, 0.2) is 5.17 Å². The van der Waals surface area contributed by atoms with Crippen LogP contribution in [0.1, 0.15) is 31.3 Å². The predicted molar refractivity (Wildman–Crippen MR) is 67.6 cm³/mol. The summed E-state index contributed by atoms with van der Waals surface area (Å²) in [6.45, 7) is 5.30. The maximum absolute atomic E-state index is 4.46. The largest absolute Gasteiger partial charge is 0.356 e. The van der Waals surface area contributed by atoms with E-state index in [1.807, 2.05) is 23.3 Å². The molecule has 0 saturated heterocycles. The summed E-state index contributed by atoms with van der Waals surface area (Å²) in [6, 6.07) is 0.321. The third-order valence-electron chi connectivity index (χ3n) is 2.26. The first-order chi connectivity index (χ1) is 7.29. The lowest BCUT2D eigenvalue weighted by molar-refractivity contribution is 0.625. The maximum atomic E-state index is 4.46. The summed E-state index contributed by atoms with van der Waals surface area (Å²) in [7, 11) is 0. The lowest BCUT2D eigenvalue weighted by Gasteiger charge is -2.15. The van der Waals surface area contributed by atoms with E-state index in [1.54, 1.807) is 11.3 Å². The number of amidine groups is 1. The molecule has 0 aromatic carbocycles. The zero-order chi connectivity index (χ0) is 10.7. The standard InChI is InChI=1S/C10H15N3S2/c1-3-8(9-11-4-5-14-9)13-10-12-6-7(2)15-10/h4-5,7-8H,3,6H2,1-2H3,(H,12,13). The SMILES string of the molecule is CCC(NC1=NCC(C)S1)c1nccs1. The van der Waals surface area contributed by atoms with Crippen LogP contribution in [0.2, 0.25) is 0 Å². The van der Waals surface area contributed by atoms with Crippen molar-refractivity contribution in [2.24, 2.45) is 4.99 Å². The Morgan fingerprint density at radius 3 is 3.07 bits per heavy atom. The van der Waals surface area contributed by atoms with Gasteiger partial charge in [0.05, 0.1) is 12.6 Å². The fourth-order valence-corrected chi connectivity index (χ4v) is 3.11. The molecule has 2 heterocycles. The molecule has 1 aliphatic rings. The van der Waals surface area contributed by atoms with Crippen molar-refractivity contribution in [3.05, 3.63) is 16.6 Å². The number of thiazole rings is 1. The fraction of sp³-hybridized carbons (Fsp3) is 0.600. The molecule has 15 heavy (non-hydrogen) atoms. The van der Waals surface area contributed by atoms with Crippen molar-refractivity contribution in [2.45, 2.75) is 31.6 Å². The Labute approximate surface area is 98.4 Å². The first kappa shape index (κ1) is 11.0. The first-order valence-electron chi connectivity index (χ1n) is 5.16. The molecule has 0 saturated carbocycles. The maximum Gasteiger partial charge on any atom is 0.157 e. The Bertz CT molecular complexity index is 334. The number of aliphatic imine (C=N–C) groups is 1. The Morgan fingerprint density at radius 1 is 1.67 bits per heavy atom. The van der Waals surface area contributed by atoms with Crippen LogP contribution >= 0.6 is 23.1 Å². The normalized spacial score (nSPS) is 22.5. The molecule has 0 amide bonds. The van der Waals surface area contributed by atoms with E-state index in [-0.39, 0.29) is 0 Å². The molecule has 2 rings (SSSR count). The smallest absolute Gasteiger partial charge is 0.157 e. The molecule has 82 valence electrons. The second-order valence-corrected chi connectivity index (χ2v) is 5.90. The van der Waals surface area contributed by atoms with E-state index in [9.17, 15) is 0 Å². The molecule has 2 unspecified atom stereocenters. The molecule has 1 aliphatic heterocycles. The van der Waals surface area contributed by atoms with E-state index < -0.39 is 0 Å². The second-order valence-electron chi connectivity index (χ2n) is 3.55. The van der Waals surface area contributed by atoms with Crippen molar-refractivity contribution in [1.82, 2.24) is 10.3 Å². The molecule has 0 radical (unpaired) electrons. The Morgan fingerprint density at radius 2 is 2.53 bits per heavy atom. The van der Waals surface area contributed by atoms with Crippen LogP contribution in [0, 0.1) is 0 Å². The van der Waals surface area contributed by atoms with Crippen molar-refractivity contribution >= 4 is 28.3 Å². The molecule has 0 spiro atoms. The Kier molecular flexibility index (Phi) is 3.64. The van der Waals surface area contributed by atoms with Crippen molar-refractivity contribution in [1.29, 1.82) is 0 Å². The summed E-state index contributed by atoms with van der Waals surface area (Å²) in [5.74, 6) is 0. The van der Waals surface area contributed by atoms with Gasteiger partial charge in [-0.15, -0.1) is 11.3 Å². The average molecular weight is 241 g/mol. The van der Waals surface area contributed by atoms with E-state index in [2.05, 4.69) is 29.1 Å². The van der Waals surface area contributed by atoms with Crippen molar-refractivity contribution in [2.75, 3.05) is 6.54 Å². The molecule has 2 atom stereocenters. The summed E-state index contributed by atoms with van der Waals surface area (Å²) in [4.78, 5) is 8.80. The van der Waals surface area contributed by atoms with Gasteiger partial charge < -0.3 is 5.32 Å². The van der Waals surface area contributed by atoms with Crippen molar-refractivity contribution in [3.63, 3.8) is 0 Å². The van der Waals surface area contributed by atoms with Gasteiger partial charge in [0.1, 0.15) is 5.01 Å². The van der Waals surface area contributed by atoms with Gasteiger partial charge in [-0.05, 0) is 6.42 Å². The monoisotopic (exact) mass is 241 g/mol. The zero-order valence-corrected chi connectivity index (χ0v) is 10.6. The van der Waals surface area contributed by atoms with Crippen LogP contribution < -0.4 is 5.32 Å². The predicted octanol–water partition coefficient (Wildman–Crippen LogP) is 2.68. The van der Waals surface area contributed by atoms with Crippen LogP contribution in [-0.2, 0) is 0 Å². The van der Waals surface area contributed by atoms with Crippen LogP contribution in [0.15, 0.2) is 16.6 Å². The summed E-state index contributed by atoms with van der Waals surface area (Å²) in [5, 5.41) is 8.32. The molecule has 1 aromatic heterocycles. The van der Waals surface area contributed by atoms with Gasteiger partial charge in [0, 0.05) is 16.8 Å². The summed E-state index contributed by atoms with van der Waals surface area (Å²) in [6.07, 6.45) is 2.90. The van der Waals surface area contributed by atoms with Crippen LogP contribution in [0.3, 0.4) is 0 Å². The Balaban J connectivity index is 1.97. The van der Waals surface area contributed by atoms with Crippen LogP contribution in [0.25, 0.3) is 0 Å². The van der Waals surface area contributed by atoms with E-state index in [0.717, 1.165) is 23.1 Å². The molecule has 1 aromatic rings. The zero-order valence-electron chi connectivity index (χ0n) is 8.93. The van der Waals surface area contributed by atoms with E-state index in [0.29, 0.717) is 11.3 Å². The van der Waals surface area contributed by atoms with Gasteiger partial charge >= 0.3 is 0 Å². The molecular weight excluding hydrogens is 226 g/mol. The number of hydrogen-bond donors (Lipinski definition) is 1.